The standard InChI is InChI=1S/C16H18FNOS/c1-11-9-13(17)6-7-15(11)16(19)18(3)12(2)10-14-5-4-8-20-14/h4-9,12H,10H2,1-3H3. The highest BCUT2D eigenvalue weighted by Gasteiger charge is 2.19. The molecule has 106 valence electrons. The van der Waals surface area contributed by atoms with Crippen LogP contribution in [-0.2, 0) is 6.42 Å². The molecule has 1 heterocycles. The molecule has 1 atom stereocenters. The van der Waals surface area contributed by atoms with Gasteiger partial charge in [-0.1, -0.05) is 6.07 Å². The molecule has 0 spiro atoms. The van der Waals surface area contributed by atoms with Crippen molar-refractivity contribution >= 4 is 17.2 Å². The van der Waals surface area contributed by atoms with Gasteiger partial charge in [0.2, 0.25) is 0 Å². The Hall–Kier alpha value is -1.68. The van der Waals surface area contributed by atoms with Crippen LogP contribution in [0.25, 0.3) is 0 Å². The lowest BCUT2D eigenvalue weighted by Gasteiger charge is -2.25. The molecule has 0 aliphatic rings. The van der Waals surface area contributed by atoms with Crippen LogP contribution < -0.4 is 0 Å². The van der Waals surface area contributed by atoms with Crippen molar-refractivity contribution in [1.82, 2.24) is 4.90 Å². The van der Waals surface area contributed by atoms with Gasteiger partial charge in [0.1, 0.15) is 5.82 Å². The quantitative estimate of drug-likeness (QED) is 0.836. The second-order valence-corrected chi connectivity index (χ2v) is 6.04. The minimum absolute atomic E-state index is 0.0634. The van der Waals surface area contributed by atoms with Crippen molar-refractivity contribution in [3.63, 3.8) is 0 Å². The maximum absolute atomic E-state index is 13.1. The Morgan fingerprint density at radius 1 is 1.40 bits per heavy atom. The number of benzene rings is 1. The van der Waals surface area contributed by atoms with Crippen LogP contribution in [0.5, 0.6) is 0 Å². The molecule has 0 aliphatic heterocycles. The number of rotatable bonds is 4. The second-order valence-electron chi connectivity index (χ2n) is 5.01. The summed E-state index contributed by atoms with van der Waals surface area (Å²) in [5.41, 5.74) is 1.23. The third-order valence-electron chi connectivity index (χ3n) is 3.48. The number of carbonyl (C=O) groups is 1. The normalized spacial score (nSPS) is 12.2. The van der Waals surface area contributed by atoms with E-state index in [1.807, 2.05) is 18.4 Å². The number of halogens is 1. The summed E-state index contributed by atoms with van der Waals surface area (Å²) in [6.07, 6.45) is 0.833. The zero-order valence-corrected chi connectivity index (χ0v) is 12.7. The number of aryl methyl sites for hydroxylation is 1. The van der Waals surface area contributed by atoms with Crippen LogP contribution in [0.1, 0.15) is 27.7 Å². The number of amides is 1. The summed E-state index contributed by atoms with van der Waals surface area (Å²) in [7, 11) is 1.80. The lowest BCUT2D eigenvalue weighted by atomic mass is 10.1. The van der Waals surface area contributed by atoms with Gasteiger partial charge >= 0.3 is 0 Å². The Bertz CT molecular complexity index is 595. The first-order chi connectivity index (χ1) is 9.49. The van der Waals surface area contributed by atoms with Gasteiger partial charge in [-0.25, -0.2) is 4.39 Å². The molecule has 2 nitrogen and oxygen atoms in total. The van der Waals surface area contributed by atoms with Crippen molar-refractivity contribution in [3.05, 3.63) is 57.5 Å². The summed E-state index contributed by atoms with van der Waals surface area (Å²) >= 11 is 1.69. The molecule has 4 heteroatoms. The molecule has 1 aromatic carbocycles. The SMILES string of the molecule is Cc1cc(F)ccc1C(=O)N(C)C(C)Cc1cccs1. The molecule has 0 fully saturated rings. The number of hydrogen-bond donors (Lipinski definition) is 0. The number of nitrogens with zero attached hydrogens (tertiary/aromatic N) is 1. The van der Waals surface area contributed by atoms with Gasteiger partial charge < -0.3 is 4.90 Å². The molecule has 2 aromatic rings. The molecule has 0 bridgehead atoms. The third-order valence-corrected chi connectivity index (χ3v) is 4.38. The fourth-order valence-corrected chi connectivity index (χ4v) is 2.94. The Morgan fingerprint density at radius 2 is 2.15 bits per heavy atom. The lowest BCUT2D eigenvalue weighted by Crippen LogP contribution is -2.36. The lowest BCUT2D eigenvalue weighted by molar-refractivity contribution is 0.0743. The molecule has 0 saturated carbocycles. The van der Waals surface area contributed by atoms with E-state index in [1.54, 1.807) is 36.3 Å². The van der Waals surface area contributed by atoms with Crippen LogP contribution in [0.4, 0.5) is 4.39 Å². The van der Waals surface area contributed by atoms with Crippen LogP contribution in [0, 0.1) is 12.7 Å². The van der Waals surface area contributed by atoms with Crippen LogP contribution in [-0.4, -0.2) is 23.9 Å². The van der Waals surface area contributed by atoms with E-state index in [9.17, 15) is 9.18 Å². The van der Waals surface area contributed by atoms with E-state index in [4.69, 9.17) is 0 Å². The van der Waals surface area contributed by atoms with Gasteiger partial charge in [0.05, 0.1) is 0 Å². The minimum atomic E-state index is -0.312. The molecular weight excluding hydrogens is 273 g/mol. The van der Waals surface area contributed by atoms with Crippen molar-refractivity contribution in [3.8, 4) is 0 Å². The van der Waals surface area contributed by atoms with E-state index < -0.39 is 0 Å². The predicted molar refractivity (Wildman–Crippen MR) is 80.7 cm³/mol. The van der Waals surface area contributed by atoms with E-state index in [1.165, 1.54) is 17.0 Å². The number of hydrogen-bond acceptors (Lipinski definition) is 2. The Labute approximate surface area is 122 Å². The van der Waals surface area contributed by atoms with Crippen molar-refractivity contribution in [1.29, 1.82) is 0 Å². The molecule has 1 aromatic heterocycles. The van der Waals surface area contributed by atoms with Gasteiger partial charge in [-0.15, -0.1) is 11.3 Å². The summed E-state index contributed by atoms with van der Waals surface area (Å²) in [5, 5.41) is 2.04. The first-order valence-electron chi connectivity index (χ1n) is 6.54. The number of thiophene rings is 1. The van der Waals surface area contributed by atoms with Crippen molar-refractivity contribution in [2.45, 2.75) is 26.3 Å². The monoisotopic (exact) mass is 291 g/mol. The molecular formula is C16H18FNOS. The van der Waals surface area contributed by atoms with E-state index in [2.05, 4.69) is 6.07 Å². The second kappa shape index (κ2) is 6.18. The minimum Gasteiger partial charge on any atom is -0.339 e. The highest BCUT2D eigenvalue weighted by molar-refractivity contribution is 7.09. The van der Waals surface area contributed by atoms with Gasteiger partial charge in [-0.05, 0) is 49.1 Å². The van der Waals surface area contributed by atoms with Crippen molar-refractivity contribution in [2.75, 3.05) is 7.05 Å². The Balaban J connectivity index is 2.11. The van der Waals surface area contributed by atoms with Gasteiger partial charge in [-0.3, -0.25) is 4.79 Å². The Morgan fingerprint density at radius 3 is 2.75 bits per heavy atom. The maximum atomic E-state index is 13.1. The van der Waals surface area contributed by atoms with Crippen LogP contribution in [0.15, 0.2) is 35.7 Å². The summed E-state index contributed by atoms with van der Waals surface area (Å²) in [6, 6.07) is 8.47. The van der Waals surface area contributed by atoms with Gasteiger partial charge in [0, 0.05) is 30.0 Å². The summed E-state index contributed by atoms with van der Waals surface area (Å²) < 4.78 is 13.1. The molecule has 0 aliphatic carbocycles. The molecule has 1 unspecified atom stereocenters. The van der Waals surface area contributed by atoms with Gasteiger partial charge in [-0.2, -0.15) is 0 Å². The van der Waals surface area contributed by atoms with Crippen LogP contribution >= 0.6 is 11.3 Å². The predicted octanol–water partition coefficient (Wildman–Crippen LogP) is 3.90. The fraction of sp³-hybridized carbons (Fsp3) is 0.312. The topological polar surface area (TPSA) is 20.3 Å². The number of likely N-dealkylation sites (N-methyl/N-ethyl adjacent to an activating group) is 1. The first-order valence-corrected chi connectivity index (χ1v) is 7.42. The van der Waals surface area contributed by atoms with Gasteiger partial charge in [0.25, 0.3) is 5.91 Å². The van der Waals surface area contributed by atoms with Crippen LogP contribution in [0.2, 0.25) is 0 Å². The average molecular weight is 291 g/mol. The van der Waals surface area contributed by atoms with E-state index in [0.29, 0.717) is 11.1 Å². The van der Waals surface area contributed by atoms with Crippen LogP contribution in [0.3, 0.4) is 0 Å². The molecule has 2 rings (SSSR count). The molecule has 0 radical (unpaired) electrons. The third kappa shape index (κ3) is 3.25. The zero-order valence-electron chi connectivity index (χ0n) is 11.9. The first kappa shape index (κ1) is 14.7. The van der Waals surface area contributed by atoms with E-state index in [0.717, 1.165) is 6.42 Å². The smallest absolute Gasteiger partial charge is 0.254 e. The molecule has 0 N–H and O–H groups in total. The van der Waals surface area contributed by atoms with Crippen molar-refractivity contribution in [2.24, 2.45) is 0 Å². The van der Waals surface area contributed by atoms with Gasteiger partial charge in [0.15, 0.2) is 0 Å². The summed E-state index contributed by atoms with van der Waals surface area (Å²) in [6.45, 7) is 3.78. The molecule has 0 saturated heterocycles. The summed E-state index contributed by atoms with van der Waals surface area (Å²) in [5.74, 6) is -0.375. The van der Waals surface area contributed by atoms with E-state index in [-0.39, 0.29) is 17.8 Å². The molecule has 1 amide bonds. The largest absolute Gasteiger partial charge is 0.339 e. The highest BCUT2D eigenvalue weighted by Crippen LogP contribution is 2.17. The molecule has 20 heavy (non-hydrogen) atoms. The average Bonchev–Trinajstić information content (AvgIpc) is 2.90. The zero-order chi connectivity index (χ0) is 14.7. The van der Waals surface area contributed by atoms with Crippen molar-refractivity contribution < 1.29 is 9.18 Å². The highest BCUT2D eigenvalue weighted by atomic mass is 32.1. The number of carbonyl (C=O) groups excluding carboxylic acids is 1. The maximum Gasteiger partial charge on any atom is 0.254 e. The summed E-state index contributed by atoms with van der Waals surface area (Å²) in [4.78, 5) is 15.4. The van der Waals surface area contributed by atoms with E-state index >= 15 is 0 Å². The fourth-order valence-electron chi connectivity index (χ4n) is 2.11. The Kier molecular flexibility index (Phi) is 4.55.